The van der Waals surface area contributed by atoms with Crippen molar-refractivity contribution in [3.63, 3.8) is 0 Å². The Morgan fingerprint density at radius 2 is 1.29 bits per heavy atom. The molecule has 0 aromatic heterocycles. The van der Waals surface area contributed by atoms with Crippen LogP contribution in [0.2, 0.25) is 6.34 Å². The molecule has 90 valence electrons. The summed E-state index contributed by atoms with van der Waals surface area (Å²) in [7, 11) is 0. The molecule has 0 fully saturated rings. The van der Waals surface area contributed by atoms with Gasteiger partial charge in [-0.05, 0) is 0 Å². The fourth-order valence-electron chi connectivity index (χ4n) is 3.03. The molecular formula is C16H22Hf. The minimum atomic E-state index is -0.838. The second kappa shape index (κ2) is 4.84. The van der Waals surface area contributed by atoms with Crippen LogP contribution in [0.15, 0.2) is 47.6 Å². The van der Waals surface area contributed by atoms with E-state index in [9.17, 15) is 0 Å². The maximum atomic E-state index is 2.47. The summed E-state index contributed by atoms with van der Waals surface area (Å²) in [5.74, 6) is 0. The van der Waals surface area contributed by atoms with E-state index in [1.54, 1.807) is 11.1 Å². The van der Waals surface area contributed by atoms with Crippen molar-refractivity contribution >= 4 is 0 Å². The zero-order valence-electron chi connectivity index (χ0n) is 11.4. The Morgan fingerprint density at radius 1 is 0.882 bits per heavy atom. The van der Waals surface area contributed by atoms with Gasteiger partial charge in [0.15, 0.2) is 0 Å². The molecule has 0 N–H and O–H groups in total. The SMILES string of the molecule is CCC1=CC=C[C]1(C)[Hf][C]1(C)C=CC=C1CC. The normalized spacial score (nSPS) is 35.1. The van der Waals surface area contributed by atoms with E-state index in [0.717, 1.165) is 0 Å². The average Bonchev–Trinajstić information content (AvgIpc) is 2.81. The summed E-state index contributed by atoms with van der Waals surface area (Å²) < 4.78 is 0.902. The third-order valence-corrected chi connectivity index (χ3v) is 11.3. The van der Waals surface area contributed by atoms with Crippen LogP contribution in [0.3, 0.4) is 0 Å². The summed E-state index contributed by atoms with van der Waals surface area (Å²) in [5, 5.41) is 0. The van der Waals surface area contributed by atoms with Gasteiger partial charge in [0.25, 0.3) is 0 Å². The monoisotopic (exact) mass is 394 g/mol. The molecule has 0 aromatic rings. The molecular weight excluding hydrogens is 371 g/mol. The maximum absolute atomic E-state index is 2.47. The van der Waals surface area contributed by atoms with E-state index in [1.807, 2.05) is 0 Å². The van der Waals surface area contributed by atoms with Crippen LogP contribution < -0.4 is 0 Å². The van der Waals surface area contributed by atoms with Crippen molar-refractivity contribution in [1.82, 2.24) is 0 Å². The van der Waals surface area contributed by atoms with Crippen molar-refractivity contribution in [3.05, 3.63) is 47.6 Å². The second-order valence-electron chi connectivity index (χ2n) is 5.34. The molecule has 0 saturated heterocycles. The van der Waals surface area contributed by atoms with Gasteiger partial charge in [0, 0.05) is 0 Å². The van der Waals surface area contributed by atoms with Gasteiger partial charge in [-0.15, -0.1) is 0 Å². The van der Waals surface area contributed by atoms with Gasteiger partial charge < -0.3 is 0 Å². The van der Waals surface area contributed by atoms with Crippen LogP contribution in [0.5, 0.6) is 0 Å². The number of rotatable bonds is 4. The van der Waals surface area contributed by atoms with Crippen molar-refractivity contribution < 1.29 is 22.9 Å². The van der Waals surface area contributed by atoms with E-state index in [-0.39, 0.29) is 0 Å². The summed E-state index contributed by atoms with van der Waals surface area (Å²) in [5.41, 5.74) is 3.33. The van der Waals surface area contributed by atoms with Gasteiger partial charge in [-0.1, -0.05) is 0 Å². The molecule has 2 aliphatic rings. The Bertz CT molecular complexity index is 385. The van der Waals surface area contributed by atoms with Crippen LogP contribution in [0.4, 0.5) is 0 Å². The number of hydrogen-bond acceptors (Lipinski definition) is 0. The van der Waals surface area contributed by atoms with E-state index in [4.69, 9.17) is 0 Å². The molecule has 1 heteroatoms. The van der Waals surface area contributed by atoms with Crippen LogP contribution in [-0.4, -0.2) is 0 Å². The molecule has 0 aromatic carbocycles. The second-order valence-corrected chi connectivity index (χ2v) is 13.7. The molecule has 0 aliphatic heterocycles. The van der Waals surface area contributed by atoms with Crippen LogP contribution in [0.1, 0.15) is 40.5 Å². The molecule has 2 aliphatic carbocycles. The van der Waals surface area contributed by atoms with Gasteiger partial charge in [-0.2, -0.15) is 0 Å². The molecule has 0 spiro atoms. The first-order valence-electron chi connectivity index (χ1n) is 6.61. The van der Waals surface area contributed by atoms with Gasteiger partial charge in [0.05, 0.1) is 0 Å². The van der Waals surface area contributed by atoms with Crippen molar-refractivity contribution in [2.24, 2.45) is 0 Å². The first kappa shape index (κ1) is 13.3. The average molecular weight is 393 g/mol. The zero-order valence-corrected chi connectivity index (χ0v) is 15.0. The topological polar surface area (TPSA) is 0 Å². The molecule has 0 bridgehead atoms. The predicted molar refractivity (Wildman–Crippen MR) is 71.8 cm³/mol. The van der Waals surface area contributed by atoms with Crippen molar-refractivity contribution in [2.75, 3.05) is 0 Å². The van der Waals surface area contributed by atoms with Crippen LogP contribution >= 0.6 is 0 Å². The molecule has 0 heterocycles. The van der Waals surface area contributed by atoms with Gasteiger partial charge in [0.2, 0.25) is 0 Å². The zero-order chi connectivity index (χ0) is 12.5. The Kier molecular flexibility index (Phi) is 3.77. The van der Waals surface area contributed by atoms with E-state index < -0.39 is 22.9 Å². The molecule has 0 radical (unpaired) electrons. The van der Waals surface area contributed by atoms with E-state index in [1.165, 1.54) is 12.8 Å². The van der Waals surface area contributed by atoms with Crippen LogP contribution in [0.25, 0.3) is 0 Å². The molecule has 2 unspecified atom stereocenters. The number of hydrogen-bond donors (Lipinski definition) is 0. The Balaban J connectivity index is 2.22. The van der Waals surface area contributed by atoms with Gasteiger partial charge in [-0.25, -0.2) is 0 Å². The number of allylic oxidation sites excluding steroid dienone is 8. The fraction of sp³-hybridized carbons (Fsp3) is 0.500. The van der Waals surface area contributed by atoms with Crippen molar-refractivity contribution in [2.45, 2.75) is 46.9 Å². The Hall–Kier alpha value is -0.170. The summed E-state index contributed by atoms with van der Waals surface area (Å²) in [6.07, 6.45) is 16.6. The molecule has 0 nitrogen and oxygen atoms in total. The summed E-state index contributed by atoms with van der Waals surface area (Å²) >= 11 is -0.838. The first-order chi connectivity index (χ1) is 8.04. The molecule has 0 amide bonds. The Morgan fingerprint density at radius 3 is 1.65 bits per heavy atom. The molecule has 0 saturated carbocycles. The fourth-order valence-corrected chi connectivity index (χ4v) is 11.2. The van der Waals surface area contributed by atoms with Gasteiger partial charge in [-0.3, -0.25) is 0 Å². The summed E-state index contributed by atoms with van der Waals surface area (Å²) in [6.45, 7) is 9.53. The van der Waals surface area contributed by atoms with E-state index in [2.05, 4.69) is 64.2 Å². The molecule has 2 atom stereocenters. The standard InChI is InChI=1S/2C8H11.Hf/c2*1-3-8-6-4-5-7(8)2;/h2*4-6H,3H2,1-2H3;. The Labute approximate surface area is 117 Å². The predicted octanol–water partition coefficient (Wildman–Crippen LogP) is 5.24. The van der Waals surface area contributed by atoms with Gasteiger partial charge in [0.1, 0.15) is 0 Å². The van der Waals surface area contributed by atoms with E-state index in [0.29, 0.717) is 6.34 Å². The summed E-state index contributed by atoms with van der Waals surface area (Å²) in [6, 6.07) is 0. The quantitative estimate of drug-likeness (QED) is 0.574. The van der Waals surface area contributed by atoms with Crippen LogP contribution in [-0.2, 0) is 22.9 Å². The van der Waals surface area contributed by atoms with Gasteiger partial charge >= 0.3 is 117 Å². The minimum absolute atomic E-state index is 0.451. The van der Waals surface area contributed by atoms with Crippen molar-refractivity contribution in [1.29, 1.82) is 0 Å². The van der Waals surface area contributed by atoms with Crippen LogP contribution in [0, 0.1) is 0 Å². The first-order valence-corrected chi connectivity index (χ1v) is 10.2. The van der Waals surface area contributed by atoms with Crippen molar-refractivity contribution in [3.8, 4) is 0 Å². The third kappa shape index (κ3) is 2.36. The molecule has 2 rings (SSSR count). The third-order valence-electron chi connectivity index (χ3n) is 4.07. The summed E-state index contributed by atoms with van der Waals surface area (Å²) in [4.78, 5) is 0. The molecule has 17 heavy (non-hydrogen) atoms. The van der Waals surface area contributed by atoms with E-state index >= 15 is 0 Å².